The number of aliphatic imine (C=N–C) groups is 2. The summed E-state index contributed by atoms with van der Waals surface area (Å²) < 4.78 is 0. The number of guanidine groups is 2. The van der Waals surface area contributed by atoms with E-state index in [0.717, 1.165) is 0 Å². The van der Waals surface area contributed by atoms with Crippen molar-refractivity contribution in [3.05, 3.63) is 48.5 Å². The Morgan fingerprint density at radius 3 is 1.54 bits per heavy atom. The summed E-state index contributed by atoms with van der Waals surface area (Å²) in [5, 5.41) is 5.36. The van der Waals surface area contributed by atoms with Crippen LogP contribution in [0.3, 0.4) is 0 Å². The molecule has 0 aliphatic carbocycles. The maximum absolute atomic E-state index is 12.1. The number of rotatable bonds is 4. The average Bonchev–Trinajstić information content (AvgIpc) is 2.46. The Bertz CT molecular complexity index is 726. The molecule has 0 aromatic heterocycles. The first-order valence-electron chi connectivity index (χ1n) is 6.90. The van der Waals surface area contributed by atoms with Gasteiger partial charge in [0.2, 0.25) is 0 Å². The van der Waals surface area contributed by atoms with E-state index in [9.17, 15) is 4.79 Å². The lowest BCUT2D eigenvalue weighted by Crippen LogP contribution is -2.22. The fraction of sp³-hybridized carbons (Fsp3) is 0. The van der Waals surface area contributed by atoms with E-state index in [4.69, 9.17) is 22.9 Å². The number of nitrogens with one attached hydrogen (secondary N) is 2. The van der Waals surface area contributed by atoms with Crippen LogP contribution >= 0.6 is 0 Å². The summed E-state index contributed by atoms with van der Waals surface area (Å²) >= 11 is 0. The number of urea groups is 1. The highest BCUT2D eigenvalue weighted by atomic mass is 16.2. The van der Waals surface area contributed by atoms with Gasteiger partial charge in [0, 0.05) is 11.4 Å². The van der Waals surface area contributed by atoms with E-state index in [2.05, 4.69) is 20.6 Å². The summed E-state index contributed by atoms with van der Waals surface area (Å²) in [5.41, 5.74) is 23.4. The van der Waals surface area contributed by atoms with Crippen molar-refractivity contribution in [1.82, 2.24) is 0 Å². The number of hydrogen-bond acceptors (Lipinski definition) is 3. The molecule has 2 amide bonds. The summed E-state index contributed by atoms with van der Waals surface area (Å²) in [4.78, 5) is 19.9. The minimum Gasteiger partial charge on any atom is -0.370 e. The van der Waals surface area contributed by atoms with Gasteiger partial charge in [-0.05, 0) is 36.4 Å². The number of benzene rings is 2. The second kappa shape index (κ2) is 7.49. The van der Waals surface area contributed by atoms with Crippen LogP contribution in [0.1, 0.15) is 0 Å². The van der Waals surface area contributed by atoms with E-state index < -0.39 is 6.03 Å². The lowest BCUT2D eigenvalue weighted by molar-refractivity contribution is 0.262. The molecule has 2 aromatic rings. The van der Waals surface area contributed by atoms with Gasteiger partial charge in [-0.3, -0.25) is 0 Å². The summed E-state index contributed by atoms with van der Waals surface area (Å²) in [6.07, 6.45) is 0. The van der Waals surface area contributed by atoms with Crippen LogP contribution in [-0.2, 0) is 0 Å². The number of anilines is 2. The van der Waals surface area contributed by atoms with Gasteiger partial charge in [0.25, 0.3) is 0 Å². The molecule has 9 heteroatoms. The third-order valence-electron chi connectivity index (χ3n) is 2.72. The van der Waals surface area contributed by atoms with Gasteiger partial charge < -0.3 is 33.6 Å². The smallest absolute Gasteiger partial charge is 0.323 e. The van der Waals surface area contributed by atoms with Crippen molar-refractivity contribution >= 4 is 40.7 Å². The molecule has 0 atom stereocenters. The van der Waals surface area contributed by atoms with Gasteiger partial charge >= 0.3 is 6.03 Å². The number of nitrogens with zero attached hydrogens (tertiary/aromatic N) is 2. The molecule has 0 radical (unpaired) electrons. The van der Waals surface area contributed by atoms with E-state index in [1.165, 1.54) is 0 Å². The largest absolute Gasteiger partial charge is 0.370 e. The number of carbonyl (C=O) groups excluding carboxylic acids is 1. The standard InChI is InChI=1S/C15H18N8O/c16-13(17)20-9-3-1-5-11(7-9)22-15(24)23-12-6-2-4-10(8-12)21-14(18)19/h1-8H,(H4,16,17,20)(H4,18,19,21)(H2,22,23,24). The normalized spacial score (nSPS) is 9.67. The summed E-state index contributed by atoms with van der Waals surface area (Å²) in [7, 11) is 0. The fourth-order valence-corrected chi connectivity index (χ4v) is 1.90. The molecular weight excluding hydrogens is 308 g/mol. The lowest BCUT2D eigenvalue weighted by Gasteiger charge is -2.08. The zero-order chi connectivity index (χ0) is 17.5. The molecule has 0 spiro atoms. The number of amides is 2. The molecule has 0 heterocycles. The molecule has 124 valence electrons. The van der Waals surface area contributed by atoms with Crippen molar-refractivity contribution in [3.63, 3.8) is 0 Å². The molecule has 0 unspecified atom stereocenters. The zero-order valence-electron chi connectivity index (χ0n) is 12.7. The van der Waals surface area contributed by atoms with Crippen LogP contribution in [0.15, 0.2) is 58.5 Å². The lowest BCUT2D eigenvalue weighted by atomic mass is 10.2. The predicted octanol–water partition coefficient (Wildman–Crippen LogP) is 1.14. The van der Waals surface area contributed by atoms with Crippen LogP contribution in [0.2, 0.25) is 0 Å². The van der Waals surface area contributed by atoms with E-state index in [0.29, 0.717) is 22.7 Å². The fourth-order valence-electron chi connectivity index (χ4n) is 1.90. The second-order valence-corrected chi connectivity index (χ2v) is 4.75. The predicted molar refractivity (Wildman–Crippen MR) is 96.5 cm³/mol. The van der Waals surface area contributed by atoms with E-state index >= 15 is 0 Å². The molecule has 0 aliphatic heterocycles. The summed E-state index contributed by atoms with van der Waals surface area (Å²) in [6.45, 7) is 0. The van der Waals surface area contributed by atoms with Crippen molar-refractivity contribution in [2.75, 3.05) is 10.6 Å². The molecule has 24 heavy (non-hydrogen) atoms. The molecule has 2 aromatic carbocycles. The van der Waals surface area contributed by atoms with Gasteiger partial charge in [0.15, 0.2) is 11.9 Å². The van der Waals surface area contributed by atoms with Gasteiger partial charge in [-0.2, -0.15) is 0 Å². The number of carbonyl (C=O) groups is 1. The quantitative estimate of drug-likeness (QED) is 0.365. The minimum atomic E-state index is -0.432. The maximum Gasteiger partial charge on any atom is 0.323 e. The molecule has 0 saturated carbocycles. The molecule has 9 nitrogen and oxygen atoms in total. The van der Waals surface area contributed by atoms with Gasteiger partial charge in [0.1, 0.15) is 0 Å². The third kappa shape index (κ3) is 5.22. The Morgan fingerprint density at radius 2 is 1.17 bits per heavy atom. The minimum absolute atomic E-state index is 0.0619. The number of hydrogen-bond donors (Lipinski definition) is 6. The molecule has 0 aliphatic rings. The first-order chi connectivity index (χ1) is 11.4. The van der Waals surface area contributed by atoms with Crippen molar-refractivity contribution in [2.24, 2.45) is 32.9 Å². The Balaban J connectivity index is 2.06. The van der Waals surface area contributed by atoms with Crippen molar-refractivity contribution < 1.29 is 4.79 Å². The Morgan fingerprint density at radius 1 is 0.750 bits per heavy atom. The van der Waals surface area contributed by atoms with Crippen LogP contribution in [0.4, 0.5) is 27.5 Å². The van der Waals surface area contributed by atoms with Crippen molar-refractivity contribution in [3.8, 4) is 0 Å². The van der Waals surface area contributed by atoms with Crippen LogP contribution in [-0.4, -0.2) is 18.0 Å². The second-order valence-electron chi connectivity index (χ2n) is 4.75. The van der Waals surface area contributed by atoms with Gasteiger partial charge in [0.05, 0.1) is 11.4 Å². The van der Waals surface area contributed by atoms with E-state index in [-0.39, 0.29) is 11.9 Å². The maximum atomic E-state index is 12.1. The zero-order valence-corrected chi connectivity index (χ0v) is 12.7. The van der Waals surface area contributed by atoms with Crippen molar-refractivity contribution in [2.45, 2.75) is 0 Å². The number of nitrogens with two attached hydrogens (primary N) is 4. The Hall–Kier alpha value is -3.75. The first kappa shape index (κ1) is 16.6. The monoisotopic (exact) mass is 326 g/mol. The Labute approximate surface area is 138 Å². The SMILES string of the molecule is NC(N)=Nc1cccc(NC(=O)Nc2cccc(N=C(N)N)c2)c1. The van der Waals surface area contributed by atoms with E-state index in [1.54, 1.807) is 48.5 Å². The van der Waals surface area contributed by atoms with Crippen LogP contribution in [0, 0.1) is 0 Å². The highest BCUT2D eigenvalue weighted by Crippen LogP contribution is 2.20. The molecule has 0 fully saturated rings. The van der Waals surface area contributed by atoms with E-state index in [1.807, 2.05) is 0 Å². The van der Waals surface area contributed by atoms with Crippen LogP contribution in [0.25, 0.3) is 0 Å². The van der Waals surface area contributed by atoms with Crippen LogP contribution < -0.4 is 33.6 Å². The van der Waals surface area contributed by atoms with Gasteiger partial charge in [-0.15, -0.1) is 0 Å². The molecule has 2 rings (SSSR count). The van der Waals surface area contributed by atoms with Gasteiger partial charge in [-0.25, -0.2) is 14.8 Å². The first-order valence-corrected chi connectivity index (χ1v) is 6.90. The molecule has 10 N–H and O–H groups in total. The molecule has 0 saturated heterocycles. The average molecular weight is 326 g/mol. The summed E-state index contributed by atoms with van der Waals surface area (Å²) in [6, 6.07) is 13.1. The van der Waals surface area contributed by atoms with Crippen molar-refractivity contribution in [1.29, 1.82) is 0 Å². The topological polar surface area (TPSA) is 170 Å². The highest BCUT2D eigenvalue weighted by molar-refractivity contribution is 6.00. The molecule has 0 bridgehead atoms. The van der Waals surface area contributed by atoms with Crippen LogP contribution in [0.5, 0.6) is 0 Å². The third-order valence-corrected chi connectivity index (χ3v) is 2.72. The summed E-state index contributed by atoms with van der Waals surface area (Å²) in [5.74, 6) is -0.124. The highest BCUT2D eigenvalue weighted by Gasteiger charge is 2.04. The van der Waals surface area contributed by atoms with Gasteiger partial charge in [-0.1, -0.05) is 12.1 Å². The molecular formula is C15H18N8O. The Kier molecular flexibility index (Phi) is 5.19.